The largest absolute Gasteiger partial charge is 0.497 e. The highest BCUT2D eigenvalue weighted by Crippen LogP contribution is 2.24. The van der Waals surface area contributed by atoms with E-state index in [1.54, 1.807) is 13.2 Å². The Morgan fingerprint density at radius 2 is 2.00 bits per heavy atom. The molecule has 1 heteroatoms. The third kappa shape index (κ3) is 2.00. The fourth-order valence-corrected chi connectivity index (χ4v) is 0.927. The standard InChI is InChI=1S/C11H14O/c1-11(2,3)9-6-5-7-10(8-9)12-4/h7-8H,1-4H3. The summed E-state index contributed by atoms with van der Waals surface area (Å²) >= 11 is 0. The van der Waals surface area contributed by atoms with Gasteiger partial charge in [-0.3, -0.25) is 0 Å². The van der Waals surface area contributed by atoms with Crippen LogP contribution in [0.1, 0.15) is 26.3 Å². The summed E-state index contributed by atoms with van der Waals surface area (Å²) in [5.41, 5.74) is 1.24. The number of benzene rings is 1. The molecule has 1 aromatic rings. The summed E-state index contributed by atoms with van der Waals surface area (Å²) < 4.78 is 5.10. The molecule has 64 valence electrons. The Labute approximate surface area is 74.4 Å². The summed E-state index contributed by atoms with van der Waals surface area (Å²) in [6, 6.07) is 9.80. The van der Waals surface area contributed by atoms with Gasteiger partial charge in [-0.1, -0.05) is 20.8 Å². The molecule has 0 atom stereocenters. The molecular weight excluding hydrogens is 148 g/mol. The van der Waals surface area contributed by atoms with Crippen LogP contribution in [-0.2, 0) is 5.41 Å². The first-order valence-electron chi connectivity index (χ1n) is 4.02. The molecule has 0 heterocycles. The molecular formula is C11H14O. The molecule has 1 aromatic carbocycles. The fourth-order valence-electron chi connectivity index (χ4n) is 0.927. The number of rotatable bonds is 1. The van der Waals surface area contributed by atoms with E-state index < -0.39 is 0 Å². The summed E-state index contributed by atoms with van der Waals surface area (Å²) in [6.45, 7) is 6.43. The summed E-state index contributed by atoms with van der Waals surface area (Å²) in [6.07, 6.45) is 0. The molecule has 0 aliphatic carbocycles. The average Bonchev–Trinajstić information content (AvgIpc) is 2.03. The molecule has 0 spiro atoms. The summed E-state index contributed by atoms with van der Waals surface area (Å²) in [5, 5.41) is 0. The SMILES string of the molecule is COc1c[c][c]c(C(C)(C)C)c1. The van der Waals surface area contributed by atoms with Gasteiger partial charge < -0.3 is 4.74 Å². The van der Waals surface area contributed by atoms with Gasteiger partial charge in [0, 0.05) is 0 Å². The van der Waals surface area contributed by atoms with E-state index in [1.807, 2.05) is 6.07 Å². The van der Waals surface area contributed by atoms with Crippen molar-refractivity contribution in [3.63, 3.8) is 0 Å². The molecule has 0 aromatic heterocycles. The van der Waals surface area contributed by atoms with Crippen molar-refractivity contribution in [1.82, 2.24) is 0 Å². The van der Waals surface area contributed by atoms with E-state index in [1.165, 1.54) is 0 Å². The third-order valence-corrected chi connectivity index (χ3v) is 1.75. The maximum atomic E-state index is 5.10. The topological polar surface area (TPSA) is 9.23 Å². The lowest BCUT2D eigenvalue weighted by Gasteiger charge is -2.18. The van der Waals surface area contributed by atoms with Gasteiger partial charge in [-0.25, -0.2) is 0 Å². The van der Waals surface area contributed by atoms with Gasteiger partial charge in [-0.15, -0.1) is 0 Å². The minimum Gasteiger partial charge on any atom is -0.497 e. The fraction of sp³-hybridized carbons (Fsp3) is 0.455. The molecule has 0 amide bonds. The van der Waals surface area contributed by atoms with Crippen molar-refractivity contribution < 1.29 is 4.74 Å². The smallest absolute Gasteiger partial charge is 0.119 e. The highest BCUT2D eigenvalue weighted by molar-refractivity contribution is 5.30. The lowest BCUT2D eigenvalue weighted by Crippen LogP contribution is -2.11. The lowest BCUT2D eigenvalue weighted by molar-refractivity contribution is 0.412. The van der Waals surface area contributed by atoms with Crippen LogP contribution in [0.25, 0.3) is 0 Å². The molecule has 0 fully saturated rings. The zero-order valence-corrected chi connectivity index (χ0v) is 8.06. The van der Waals surface area contributed by atoms with Crippen molar-refractivity contribution in [3.8, 4) is 5.75 Å². The number of hydrogen-bond donors (Lipinski definition) is 0. The molecule has 0 N–H and O–H groups in total. The summed E-state index contributed by atoms with van der Waals surface area (Å²) in [7, 11) is 1.66. The van der Waals surface area contributed by atoms with Crippen molar-refractivity contribution in [1.29, 1.82) is 0 Å². The van der Waals surface area contributed by atoms with E-state index >= 15 is 0 Å². The Kier molecular flexibility index (Phi) is 2.41. The zero-order valence-electron chi connectivity index (χ0n) is 8.06. The first kappa shape index (κ1) is 9.11. The molecule has 0 bridgehead atoms. The lowest BCUT2D eigenvalue weighted by atomic mass is 9.87. The number of ether oxygens (including phenoxy) is 1. The molecule has 1 rings (SSSR count). The van der Waals surface area contributed by atoms with Crippen LogP contribution in [0.3, 0.4) is 0 Å². The van der Waals surface area contributed by atoms with Crippen LogP contribution < -0.4 is 4.74 Å². The molecule has 1 nitrogen and oxygen atoms in total. The van der Waals surface area contributed by atoms with E-state index in [-0.39, 0.29) is 5.41 Å². The van der Waals surface area contributed by atoms with Crippen LogP contribution in [-0.4, -0.2) is 7.11 Å². The van der Waals surface area contributed by atoms with E-state index in [0.717, 1.165) is 11.3 Å². The summed E-state index contributed by atoms with van der Waals surface area (Å²) in [5.74, 6) is 0.846. The second-order valence-electron chi connectivity index (χ2n) is 3.83. The molecule has 12 heavy (non-hydrogen) atoms. The van der Waals surface area contributed by atoms with Gasteiger partial charge in [0.25, 0.3) is 0 Å². The maximum Gasteiger partial charge on any atom is 0.119 e. The Bertz CT molecular complexity index is 258. The molecule has 0 saturated carbocycles. The highest BCUT2D eigenvalue weighted by Gasteiger charge is 2.13. The Balaban J connectivity index is 3.02. The molecule has 0 unspecified atom stereocenters. The van der Waals surface area contributed by atoms with Gasteiger partial charge in [0.15, 0.2) is 0 Å². The molecule has 0 saturated heterocycles. The van der Waals surface area contributed by atoms with Gasteiger partial charge >= 0.3 is 0 Å². The maximum absolute atomic E-state index is 5.10. The van der Waals surface area contributed by atoms with Crippen LogP contribution in [0, 0.1) is 12.1 Å². The van der Waals surface area contributed by atoms with Crippen LogP contribution in [0.2, 0.25) is 0 Å². The zero-order chi connectivity index (χ0) is 9.19. The normalized spacial score (nSPS) is 11.3. The first-order chi connectivity index (χ1) is 5.54. The molecule has 0 aliphatic rings. The van der Waals surface area contributed by atoms with Crippen molar-refractivity contribution >= 4 is 0 Å². The Morgan fingerprint density at radius 3 is 2.50 bits per heavy atom. The highest BCUT2D eigenvalue weighted by atomic mass is 16.5. The van der Waals surface area contributed by atoms with Crippen molar-refractivity contribution in [2.24, 2.45) is 0 Å². The van der Waals surface area contributed by atoms with Crippen molar-refractivity contribution in [2.45, 2.75) is 26.2 Å². The average molecular weight is 162 g/mol. The van der Waals surface area contributed by atoms with Crippen molar-refractivity contribution in [2.75, 3.05) is 7.11 Å². The van der Waals surface area contributed by atoms with E-state index in [9.17, 15) is 0 Å². The van der Waals surface area contributed by atoms with Gasteiger partial charge in [-0.05, 0) is 35.2 Å². The Hall–Kier alpha value is -0.980. The predicted molar refractivity (Wildman–Crippen MR) is 49.4 cm³/mol. The van der Waals surface area contributed by atoms with Crippen LogP contribution in [0.15, 0.2) is 12.1 Å². The van der Waals surface area contributed by atoms with Gasteiger partial charge in [0.05, 0.1) is 7.11 Å². The predicted octanol–water partition coefficient (Wildman–Crippen LogP) is 2.59. The van der Waals surface area contributed by atoms with Gasteiger partial charge in [0.2, 0.25) is 0 Å². The van der Waals surface area contributed by atoms with E-state index in [0.29, 0.717) is 0 Å². The van der Waals surface area contributed by atoms with Crippen LogP contribution >= 0.6 is 0 Å². The van der Waals surface area contributed by atoms with Crippen molar-refractivity contribution in [3.05, 3.63) is 29.8 Å². The van der Waals surface area contributed by atoms with Gasteiger partial charge in [-0.2, -0.15) is 0 Å². The molecule has 2 radical (unpaired) electrons. The second kappa shape index (κ2) is 3.18. The van der Waals surface area contributed by atoms with Crippen LogP contribution in [0.4, 0.5) is 0 Å². The number of methoxy groups -OCH3 is 1. The van der Waals surface area contributed by atoms with E-state index in [2.05, 4.69) is 32.9 Å². The molecule has 0 aliphatic heterocycles. The van der Waals surface area contributed by atoms with Gasteiger partial charge in [0.1, 0.15) is 5.75 Å². The third-order valence-electron chi connectivity index (χ3n) is 1.75. The monoisotopic (exact) mass is 162 g/mol. The first-order valence-corrected chi connectivity index (χ1v) is 4.02. The Morgan fingerprint density at radius 1 is 1.33 bits per heavy atom. The second-order valence-corrected chi connectivity index (χ2v) is 3.83. The van der Waals surface area contributed by atoms with Crippen LogP contribution in [0.5, 0.6) is 5.75 Å². The quantitative estimate of drug-likeness (QED) is 0.616. The van der Waals surface area contributed by atoms with E-state index in [4.69, 9.17) is 4.74 Å². The summed E-state index contributed by atoms with van der Waals surface area (Å²) in [4.78, 5) is 0. The number of hydrogen-bond acceptors (Lipinski definition) is 1. The minimum absolute atomic E-state index is 0.116. The minimum atomic E-state index is 0.116.